The lowest BCUT2D eigenvalue weighted by Gasteiger charge is -2.21. The van der Waals surface area contributed by atoms with E-state index in [1.54, 1.807) is 36.4 Å². The minimum atomic E-state index is -0.174. The van der Waals surface area contributed by atoms with E-state index in [9.17, 15) is 15.0 Å². The van der Waals surface area contributed by atoms with Crippen molar-refractivity contribution in [3.8, 4) is 34.0 Å². The molecule has 5 rings (SSSR count). The van der Waals surface area contributed by atoms with Crippen molar-refractivity contribution >= 4 is 11.7 Å². The molecule has 6 heteroatoms. The van der Waals surface area contributed by atoms with Crippen LogP contribution in [0, 0.1) is 0 Å². The van der Waals surface area contributed by atoms with E-state index in [1.807, 2.05) is 36.4 Å². The predicted molar refractivity (Wildman–Crippen MR) is 122 cm³/mol. The number of rotatable bonds is 4. The summed E-state index contributed by atoms with van der Waals surface area (Å²) in [4.78, 5) is 22.5. The first-order valence-electron chi connectivity index (χ1n) is 10.4. The second-order valence-corrected chi connectivity index (χ2v) is 7.81. The fraction of sp³-hybridized carbons (Fsp3) is 0.115. The largest absolute Gasteiger partial charge is 0.508 e. The lowest BCUT2D eigenvalue weighted by Crippen LogP contribution is -2.18. The number of aromatic hydroxyl groups is 2. The van der Waals surface area contributed by atoms with Crippen molar-refractivity contribution in [2.24, 2.45) is 0 Å². The normalized spacial score (nSPS) is 12.0. The summed E-state index contributed by atoms with van der Waals surface area (Å²) in [7, 11) is 0. The van der Waals surface area contributed by atoms with Gasteiger partial charge in [-0.2, -0.15) is 0 Å². The molecule has 0 saturated carbocycles. The number of carbonyl (C=O) groups excluding carboxylic acids is 1. The summed E-state index contributed by atoms with van der Waals surface area (Å²) < 4.78 is 0. The highest BCUT2D eigenvalue weighted by Gasteiger charge is 2.23. The second-order valence-electron chi connectivity index (χ2n) is 7.81. The van der Waals surface area contributed by atoms with Crippen LogP contribution in [0.3, 0.4) is 0 Å². The summed E-state index contributed by atoms with van der Waals surface area (Å²) in [6, 6.07) is 21.4. The van der Waals surface area contributed by atoms with Crippen LogP contribution in [0.1, 0.15) is 16.8 Å². The standard InChI is InChI=1S/C26H21N3O3/c30-19-9-6-17(7-10-19)24-26(28-23(32)14-16-4-2-1-3-5-16)27-22-13-8-18-15-20(31)11-12-21(18)25(22)29-24/h1-7,9-12,15,30-31H,8,13-14H2,(H,27,28,32). The SMILES string of the molecule is O=C(Cc1ccccc1)Nc1nc2c(nc1-c1ccc(O)cc1)-c1ccc(O)cc1CC2. The fourth-order valence-corrected chi connectivity index (χ4v) is 4.00. The minimum Gasteiger partial charge on any atom is -0.508 e. The third-order valence-corrected chi connectivity index (χ3v) is 5.55. The second kappa shape index (κ2) is 8.15. The monoisotopic (exact) mass is 423 g/mol. The summed E-state index contributed by atoms with van der Waals surface area (Å²) in [5.74, 6) is 0.600. The number of fused-ring (bicyclic) bond motifs is 3. The van der Waals surface area contributed by atoms with Crippen molar-refractivity contribution in [1.29, 1.82) is 0 Å². The van der Waals surface area contributed by atoms with Crippen molar-refractivity contribution in [3.63, 3.8) is 0 Å². The first-order valence-corrected chi connectivity index (χ1v) is 10.4. The van der Waals surface area contributed by atoms with Crippen LogP contribution < -0.4 is 5.32 Å². The van der Waals surface area contributed by atoms with Crippen LogP contribution in [0.4, 0.5) is 5.82 Å². The van der Waals surface area contributed by atoms with Gasteiger partial charge in [0.05, 0.1) is 17.8 Å². The average molecular weight is 423 g/mol. The van der Waals surface area contributed by atoms with Crippen LogP contribution in [-0.4, -0.2) is 26.1 Å². The summed E-state index contributed by atoms with van der Waals surface area (Å²) in [6.45, 7) is 0. The van der Waals surface area contributed by atoms with E-state index in [2.05, 4.69) is 5.32 Å². The molecule has 0 atom stereocenters. The Morgan fingerprint density at radius 1 is 0.844 bits per heavy atom. The van der Waals surface area contributed by atoms with Crippen LogP contribution in [0.2, 0.25) is 0 Å². The number of nitrogens with zero attached hydrogens (tertiary/aromatic N) is 2. The molecular weight excluding hydrogens is 402 g/mol. The van der Waals surface area contributed by atoms with Crippen molar-refractivity contribution in [1.82, 2.24) is 9.97 Å². The van der Waals surface area contributed by atoms with E-state index in [0.29, 0.717) is 17.9 Å². The van der Waals surface area contributed by atoms with E-state index >= 15 is 0 Å². The molecule has 0 unspecified atom stereocenters. The van der Waals surface area contributed by atoms with Gasteiger partial charge in [-0.05, 0) is 66.4 Å². The lowest BCUT2D eigenvalue weighted by atomic mass is 9.91. The maximum absolute atomic E-state index is 12.8. The van der Waals surface area contributed by atoms with Crippen LogP contribution in [0.15, 0.2) is 72.8 Å². The summed E-state index contributed by atoms with van der Waals surface area (Å²) in [5.41, 5.74) is 5.68. The smallest absolute Gasteiger partial charge is 0.230 e. The van der Waals surface area contributed by atoms with Crippen LogP contribution in [0.5, 0.6) is 11.5 Å². The molecule has 3 aromatic carbocycles. The van der Waals surface area contributed by atoms with Gasteiger partial charge in [-0.15, -0.1) is 0 Å². The van der Waals surface area contributed by atoms with E-state index < -0.39 is 0 Å². The van der Waals surface area contributed by atoms with Gasteiger partial charge in [-0.1, -0.05) is 30.3 Å². The minimum absolute atomic E-state index is 0.148. The maximum Gasteiger partial charge on any atom is 0.230 e. The van der Waals surface area contributed by atoms with Gasteiger partial charge in [0, 0.05) is 11.1 Å². The Kier molecular flexibility index (Phi) is 5.03. The summed E-state index contributed by atoms with van der Waals surface area (Å²) in [5, 5.41) is 22.5. The van der Waals surface area contributed by atoms with E-state index in [4.69, 9.17) is 9.97 Å². The van der Waals surface area contributed by atoms with Crippen molar-refractivity contribution in [2.45, 2.75) is 19.3 Å². The van der Waals surface area contributed by atoms with E-state index in [0.717, 1.165) is 40.1 Å². The van der Waals surface area contributed by atoms with Gasteiger partial charge in [0.15, 0.2) is 5.82 Å². The quantitative estimate of drug-likeness (QED) is 0.449. The van der Waals surface area contributed by atoms with Gasteiger partial charge in [0.2, 0.25) is 5.91 Å². The number of hydrogen-bond acceptors (Lipinski definition) is 5. The molecule has 0 radical (unpaired) electrons. The molecule has 32 heavy (non-hydrogen) atoms. The Morgan fingerprint density at radius 3 is 2.38 bits per heavy atom. The third kappa shape index (κ3) is 3.90. The Bertz CT molecular complexity index is 1300. The Hall–Kier alpha value is -4.19. The highest BCUT2D eigenvalue weighted by molar-refractivity contribution is 5.95. The molecule has 0 bridgehead atoms. The topological polar surface area (TPSA) is 95.3 Å². The highest BCUT2D eigenvalue weighted by atomic mass is 16.3. The number of benzene rings is 3. The number of amides is 1. The van der Waals surface area contributed by atoms with Crippen molar-refractivity contribution in [2.75, 3.05) is 5.32 Å². The summed E-state index contributed by atoms with van der Waals surface area (Å²) >= 11 is 0. The number of hydrogen-bond donors (Lipinski definition) is 3. The maximum atomic E-state index is 12.8. The van der Waals surface area contributed by atoms with E-state index in [1.165, 1.54) is 0 Å². The molecule has 0 saturated heterocycles. The predicted octanol–water partition coefficient (Wildman–Crippen LogP) is 4.50. The van der Waals surface area contributed by atoms with Gasteiger partial charge in [-0.3, -0.25) is 4.79 Å². The lowest BCUT2D eigenvalue weighted by molar-refractivity contribution is -0.115. The van der Waals surface area contributed by atoms with Crippen LogP contribution in [-0.2, 0) is 24.1 Å². The average Bonchev–Trinajstić information content (AvgIpc) is 2.79. The first kappa shape index (κ1) is 19.8. The number of aryl methyl sites for hydroxylation is 2. The Labute approximate surface area is 185 Å². The molecule has 1 aliphatic carbocycles. The van der Waals surface area contributed by atoms with Crippen LogP contribution >= 0.6 is 0 Å². The Balaban J connectivity index is 1.57. The van der Waals surface area contributed by atoms with Crippen molar-refractivity contribution in [3.05, 3.63) is 89.6 Å². The molecule has 158 valence electrons. The molecule has 0 aliphatic heterocycles. The zero-order valence-electron chi connectivity index (χ0n) is 17.2. The van der Waals surface area contributed by atoms with Gasteiger partial charge >= 0.3 is 0 Å². The van der Waals surface area contributed by atoms with E-state index in [-0.39, 0.29) is 23.8 Å². The molecule has 1 heterocycles. The van der Waals surface area contributed by atoms with Crippen LogP contribution in [0.25, 0.3) is 22.5 Å². The molecule has 6 nitrogen and oxygen atoms in total. The molecule has 1 aromatic heterocycles. The zero-order chi connectivity index (χ0) is 22.1. The highest BCUT2D eigenvalue weighted by Crippen LogP contribution is 2.37. The molecule has 4 aromatic rings. The number of phenols is 2. The fourth-order valence-electron chi connectivity index (χ4n) is 4.00. The summed E-state index contributed by atoms with van der Waals surface area (Å²) in [6.07, 6.45) is 1.63. The van der Waals surface area contributed by atoms with Crippen molar-refractivity contribution < 1.29 is 15.0 Å². The molecule has 0 spiro atoms. The Morgan fingerprint density at radius 2 is 1.59 bits per heavy atom. The molecular formula is C26H21N3O3. The van der Waals surface area contributed by atoms with Gasteiger partial charge in [0.25, 0.3) is 0 Å². The van der Waals surface area contributed by atoms with Gasteiger partial charge in [0.1, 0.15) is 17.2 Å². The third-order valence-electron chi connectivity index (χ3n) is 5.55. The number of aromatic nitrogens is 2. The molecule has 0 fully saturated rings. The molecule has 1 amide bonds. The number of nitrogens with one attached hydrogen (secondary N) is 1. The number of anilines is 1. The number of phenolic OH excluding ortho intramolecular Hbond substituents is 2. The first-order chi connectivity index (χ1) is 15.6. The van der Waals surface area contributed by atoms with Gasteiger partial charge < -0.3 is 15.5 Å². The number of carbonyl (C=O) groups is 1. The molecule has 1 aliphatic rings. The zero-order valence-corrected chi connectivity index (χ0v) is 17.2. The van der Waals surface area contributed by atoms with Gasteiger partial charge in [-0.25, -0.2) is 9.97 Å². The molecule has 3 N–H and O–H groups in total.